The van der Waals surface area contributed by atoms with Crippen LogP contribution in [0.4, 0.5) is 23.0 Å². The number of carbonyl (C=O) groups is 3. The number of nitrogens with one attached hydrogen (secondary N) is 4. The quantitative estimate of drug-likeness (QED) is 0.0421. The third-order valence-corrected chi connectivity index (χ3v) is 10.6. The van der Waals surface area contributed by atoms with Crippen molar-refractivity contribution in [1.29, 1.82) is 0 Å². The Balaban J connectivity index is 0.905. The zero-order valence-corrected chi connectivity index (χ0v) is 33.0. The van der Waals surface area contributed by atoms with Gasteiger partial charge in [0.1, 0.15) is 24.1 Å². The molecule has 0 bridgehead atoms. The van der Waals surface area contributed by atoms with Gasteiger partial charge in [-0.3, -0.25) is 29.7 Å². The van der Waals surface area contributed by atoms with Gasteiger partial charge in [-0.25, -0.2) is 9.97 Å². The van der Waals surface area contributed by atoms with Crippen LogP contribution in [0.25, 0.3) is 10.9 Å². The van der Waals surface area contributed by atoms with Crippen molar-refractivity contribution in [1.82, 2.24) is 30.4 Å². The summed E-state index contributed by atoms with van der Waals surface area (Å²) in [6.07, 6.45) is 9.38. The Bertz CT molecular complexity index is 2040. The Morgan fingerprint density at radius 3 is 2.46 bits per heavy atom. The maximum absolute atomic E-state index is 13.5. The van der Waals surface area contributed by atoms with Crippen molar-refractivity contribution in [3.63, 3.8) is 0 Å². The molecule has 4 heterocycles. The number of carbonyl (C=O) groups excluding carboxylic acids is 3. The summed E-state index contributed by atoms with van der Waals surface area (Å²) >= 11 is 0. The molecule has 2 aliphatic heterocycles. The fourth-order valence-electron chi connectivity index (χ4n) is 7.24. The number of anilines is 4. The van der Waals surface area contributed by atoms with Crippen LogP contribution in [-0.2, 0) is 20.9 Å². The molecule has 1 saturated heterocycles. The van der Waals surface area contributed by atoms with Crippen molar-refractivity contribution in [2.24, 2.45) is 0 Å². The first-order valence-electron chi connectivity index (χ1n) is 19.7. The predicted octanol–water partition coefficient (Wildman–Crippen LogP) is 6.96. The Labute approximate surface area is 327 Å². The number of aromatic nitrogens is 4. The molecule has 56 heavy (non-hydrogen) atoms. The number of amides is 3. The van der Waals surface area contributed by atoms with E-state index in [2.05, 4.69) is 36.1 Å². The van der Waals surface area contributed by atoms with Crippen LogP contribution in [0.15, 0.2) is 36.7 Å². The molecule has 15 nitrogen and oxygen atoms in total. The number of unbranched alkanes of at least 4 members (excludes halogenated alkanes) is 7. The van der Waals surface area contributed by atoms with E-state index in [9.17, 15) is 24.7 Å². The molecule has 0 aliphatic carbocycles. The van der Waals surface area contributed by atoms with Crippen LogP contribution < -0.4 is 25.8 Å². The summed E-state index contributed by atoms with van der Waals surface area (Å²) in [5.74, 6) is 0.941. The maximum atomic E-state index is 13.5. The van der Waals surface area contributed by atoms with E-state index in [-0.39, 0.29) is 18.2 Å². The third-order valence-electron chi connectivity index (χ3n) is 10.6. The van der Waals surface area contributed by atoms with Gasteiger partial charge in [0, 0.05) is 58.9 Å². The molecule has 6 rings (SSSR count). The SMILES string of the molecule is Cc1[nH]nc(Nc2ncnc3cc(OCCCCCCCCCCC(=O)Nc4cccc5c4CN(C4CCC(=O)NC4=O)C5O)c(N([O-])C(C)(C)C)cc23)c1C. The first-order valence-corrected chi connectivity index (χ1v) is 19.7. The molecule has 2 aromatic carbocycles. The van der Waals surface area contributed by atoms with Crippen molar-refractivity contribution < 1.29 is 24.2 Å². The molecule has 15 heteroatoms. The highest BCUT2D eigenvalue weighted by Crippen LogP contribution is 2.40. The van der Waals surface area contributed by atoms with E-state index in [1.165, 1.54) is 6.33 Å². The Kier molecular flexibility index (Phi) is 12.9. The number of fused-ring (bicyclic) bond motifs is 2. The number of benzene rings is 2. The second-order valence-corrected chi connectivity index (χ2v) is 15.8. The lowest BCUT2D eigenvalue weighted by Gasteiger charge is -2.44. The zero-order chi connectivity index (χ0) is 40.0. The summed E-state index contributed by atoms with van der Waals surface area (Å²) in [5, 5.41) is 42.1. The van der Waals surface area contributed by atoms with Gasteiger partial charge < -0.3 is 30.7 Å². The number of aliphatic hydroxyl groups is 1. The maximum Gasteiger partial charge on any atom is 0.244 e. The van der Waals surface area contributed by atoms with E-state index in [0.29, 0.717) is 71.2 Å². The number of hydroxylamine groups is 1. The highest BCUT2D eigenvalue weighted by atomic mass is 16.5. The molecule has 0 spiro atoms. The van der Waals surface area contributed by atoms with E-state index < -0.39 is 23.7 Å². The summed E-state index contributed by atoms with van der Waals surface area (Å²) in [6, 6.07) is 8.42. The van der Waals surface area contributed by atoms with E-state index in [1.807, 2.05) is 46.8 Å². The van der Waals surface area contributed by atoms with Gasteiger partial charge >= 0.3 is 0 Å². The smallest absolute Gasteiger partial charge is 0.244 e. The summed E-state index contributed by atoms with van der Waals surface area (Å²) in [7, 11) is 0. The summed E-state index contributed by atoms with van der Waals surface area (Å²) < 4.78 is 6.22. The van der Waals surface area contributed by atoms with Crippen LogP contribution in [0, 0.1) is 19.1 Å². The highest BCUT2D eigenvalue weighted by Gasteiger charge is 2.40. The number of hydrogen-bond acceptors (Lipinski definition) is 12. The van der Waals surface area contributed by atoms with Crippen molar-refractivity contribution in [2.75, 3.05) is 22.3 Å². The average molecular weight is 769 g/mol. The minimum Gasteiger partial charge on any atom is -0.758 e. The zero-order valence-electron chi connectivity index (χ0n) is 33.0. The minimum absolute atomic E-state index is 0.0757. The second-order valence-electron chi connectivity index (χ2n) is 15.8. The number of ether oxygens (including phenoxy) is 1. The Hall–Kier alpha value is -5.12. The molecule has 4 aromatic rings. The van der Waals surface area contributed by atoms with Crippen molar-refractivity contribution in [3.8, 4) is 5.75 Å². The topological polar surface area (TPSA) is 201 Å². The number of imide groups is 1. The molecule has 2 aliphatic rings. The van der Waals surface area contributed by atoms with Crippen LogP contribution in [0.1, 0.15) is 120 Å². The van der Waals surface area contributed by atoms with Crippen molar-refractivity contribution >= 4 is 51.6 Å². The molecule has 3 amide bonds. The largest absolute Gasteiger partial charge is 0.758 e. The fourth-order valence-corrected chi connectivity index (χ4v) is 7.24. The van der Waals surface area contributed by atoms with Crippen LogP contribution in [0.2, 0.25) is 0 Å². The van der Waals surface area contributed by atoms with Gasteiger partial charge in [0.05, 0.1) is 23.9 Å². The van der Waals surface area contributed by atoms with E-state index in [0.717, 1.165) is 73.3 Å². The molecule has 2 atom stereocenters. The van der Waals surface area contributed by atoms with Crippen LogP contribution in [-0.4, -0.2) is 66.1 Å². The van der Waals surface area contributed by atoms with Gasteiger partial charge in [-0.05, 0) is 71.6 Å². The number of nitrogens with zero attached hydrogens (tertiary/aromatic N) is 5. The third kappa shape index (κ3) is 9.45. The van der Waals surface area contributed by atoms with E-state index >= 15 is 0 Å². The molecule has 300 valence electrons. The number of aliphatic hydroxyl groups excluding tert-OH is 1. The number of H-pyrrole nitrogens is 1. The molecule has 5 N–H and O–H groups in total. The second kappa shape index (κ2) is 17.8. The summed E-state index contributed by atoms with van der Waals surface area (Å²) in [5.41, 5.74) is 4.45. The van der Waals surface area contributed by atoms with Gasteiger partial charge in [0.15, 0.2) is 5.82 Å². The monoisotopic (exact) mass is 768 g/mol. The Morgan fingerprint density at radius 1 is 1.04 bits per heavy atom. The van der Waals surface area contributed by atoms with Crippen LogP contribution in [0.5, 0.6) is 5.75 Å². The number of aryl methyl sites for hydroxylation is 1. The van der Waals surface area contributed by atoms with Gasteiger partial charge in [-0.1, -0.05) is 50.7 Å². The molecular weight excluding hydrogens is 715 g/mol. The minimum atomic E-state index is -0.977. The van der Waals surface area contributed by atoms with E-state index in [4.69, 9.17) is 4.74 Å². The Morgan fingerprint density at radius 2 is 1.77 bits per heavy atom. The van der Waals surface area contributed by atoms with Gasteiger partial charge in [0.25, 0.3) is 0 Å². The molecular formula is C41H54N9O6-. The van der Waals surface area contributed by atoms with Crippen LogP contribution >= 0.6 is 0 Å². The molecule has 0 saturated carbocycles. The predicted molar refractivity (Wildman–Crippen MR) is 215 cm³/mol. The average Bonchev–Trinajstić information content (AvgIpc) is 3.66. The number of aromatic amines is 1. The molecule has 0 radical (unpaired) electrons. The molecule has 2 unspecified atom stereocenters. The lowest BCUT2D eigenvalue weighted by atomic mass is 10.0. The fraction of sp³-hybridized carbons (Fsp3) is 0.512. The molecule has 1 fully saturated rings. The lowest BCUT2D eigenvalue weighted by molar-refractivity contribution is -0.141. The van der Waals surface area contributed by atoms with Gasteiger partial charge in [-0.15, -0.1) is 0 Å². The van der Waals surface area contributed by atoms with E-state index in [1.54, 1.807) is 23.1 Å². The first kappa shape index (κ1) is 40.5. The molecule has 2 aromatic heterocycles. The van der Waals surface area contributed by atoms with Crippen molar-refractivity contribution in [3.05, 3.63) is 64.3 Å². The highest BCUT2D eigenvalue weighted by molar-refractivity contribution is 6.00. The normalized spacial score (nSPS) is 17.2. The van der Waals surface area contributed by atoms with Gasteiger partial charge in [-0.2, -0.15) is 5.10 Å². The number of hydrogen-bond donors (Lipinski definition) is 5. The standard InChI is InChI=1S/C41H54N9O6/c1-25-26(2)47-48-37(25)46-38-28-21-33(50(55)41(3,4)5)34(22-31(28)42-24-43-38)56-20-13-11-9-7-6-8-10-12-17-35(51)44-30-16-14-15-27-29(30)23-49(40(27)54)32-18-19-36(52)45-39(32)53/h14-16,21-22,24,32,40,54H,6-13,17-20,23H2,1-5H3,(H,44,51)(H,45,52,53)(H2,42,43,46,47,48)/q-1. The van der Waals surface area contributed by atoms with Crippen molar-refractivity contribution in [2.45, 2.75) is 130 Å². The van der Waals surface area contributed by atoms with Gasteiger partial charge in [0.2, 0.25) is 17.7 Å². The first-order chi connectivity index (χ1) is 26.8. The lowest BCUT2D eigenvalue weighted by Crippen LogP contribution is -2.51. The van der Waals surface area contributed by atoms with Crippen LogP contribution in [0.3, 0.4) is 0 Å². The number of piperidine rings is 1. The summed E-state index contributed by atoms with van der Waals surface area (Å²) in [6.45, 7) is 10.3. The summed E-state index contributed by atoms with van der Waals surface area (Å²) in [4.78, 5) is 47.5. The number of rotatable bonds is 17.